The minimum Gasteiger partial charge on any atom is -0.478 e. The number of anilines is 1. The maximum atomic E-state index is 14.4. The number of amides is 1. The Morgan fingerprint density at radius 1 is 0.790 bits per heavy atom. The van der Waals surface area contributed by atoms with Gasteiger partial charge in [0.05, 0.1) is 40.1 Å². The number of carbonyl (C=O) groups excluding carboxylic acids is 3. The lowest BCUT2D eigenvalue weighted by atomic mass is 9.90. The summed E-state index contributed by atoms with van der Waals surface area (Å²) in [6.45, 7) is -0.662. The van der Waals surface area contributed by atoms with E-state index in [4.69, 9.17) is 15.6 Å². The van der Waals surface area contributed by atoms with Crippen molar-refractivity contribution in [3.8, 4) is 22.5 Å². The van der Waals surface area contributed by atoms with Crippen LogP contribution < -0.4 is 25.9 Å². The van der Waals surface area contributed by atoms with E-state index in [0.29, 0.717) is 0 Å². The Labute approximate surface area is 352 Å². The molecule has 2 aromatic rings. The van der Waals surface area contributed by atoms with Gasteiger partial charge in [-0.25, -0.2) is 26.4 Å². The van der Waals surface area contributed by atoms with Gasteiger partial charge in [-0.05, 0) is 42.3 Å². The predicted molar refractivity (Wildman–Crippen MR) is 213 cm³/mol. The highest BCUT2D eigenvalue weighted by atomic mass is 32.2. The molecule has 62 heavy (non-hydrogen) atoms. The van der Waals surface area contributed by atoms with E-state index in [1.807, 2.05) is 5.32 Å². The maximum Gasteiger partial charge on any atom is 0.336 e. The summed E-state index contributed by atoms with van der Waals surface area (Å²) in [5.41, 5.74) is 3.60. The van der Waals surface area contributed by atoms with Crippen molar-refractivity contribution in [2.24, 2.45) is 5.92 Å². The van der Waals surface area contributed by atoms with Crippen molar-refractivity contribution in [3.05, 3.63) is 59.5 Å². The maximum absolute atomic E-state index is 14.4. The largest absolute Gasteiger partial charge is 0.478 e. The summed E-state index contributed by atoms with van der Waals surface area (Å²) < 4.78 is 168. The quantitative estimate of drug-likeness (QED) is 0.0579. The Hall–Kier alpha value is -5.24. The molecule has 5 rings (SSSR count). The van der Waals surface area contributed by atoms with Gasteiger partial charge in [0.1, 0.15) is 16.7 Å². The van der Waals surface area contributed by atoms with Gasteiger partial charge in [-0.15, -0.1) is 0 Å². The number of hydrogen-bond acceptors (Lipinski definition) is 17. The van der Waals surface area contributed by atoms with Gasteiger partial charge in [-0.1, -0.05) is 18.2 Å². The summed E-state index contributed by atoms with van der Waals surface area (Å²) in [4.78, 5) is 50.8. The number of carboxylic acid groups (broad SMARTS) is 1. The molecule has 24 nitrogen and oxygen atoms in total. The van der Waals surface area contributed by atoms with Crippen molar-refractivity contribution in [1.29, 1.82) is 5.41 Å². The molecule has 3 atom stereocenters. The Morgan fingerprint density at radius 3 is 2.02 bits per heavy atom. The molecule has 0 saturated heterocycles. The highest BCUT2D eigenvalue weighted by Crippen LogP contribution is 2.45. The average Bonchev–Trinajstić information content (AvgIpc) is 3.12. The first-order valence-corrected chi connectivity index (χ1v) is 25.2. The number of carboxylic acids is 1. The van der Waals surface area contributed by atoms with Crippen molar-refractivity contribution in [2.45, 2.75) is 41.1 Å². The minimum atomic E-state index is -5.53. The van der Waals surface area contributed by atoms with E-state index in [-0.39, 0.29) is 22.1 Å². The smallest absolute Gasteiger partial charge is 0.336 e. The first-order valence-electron chi connectivity index (χ1n) is 17.4. The van der Waals surface area contributed by atoms with Gasteiger partial charge in [0.2, 0.25) is 26.0 Å². The lowest BCUT2D eigenvalue weighted by molar-refractivity contribution is -0.131. The SMILES string of the molecule is N=c1ccc2c(-c3ccccc3C(=O)O)c3ccc(N)c4c3oc-2c1S(=O)(=O)NCCCC(=O)C(CS(=O)(=O)O)NC(=O)C(CS(=O)(=O)O)CC(=O)C(CS(=O)(=O)O)NS4(=O)=O. The molecule has 2 aromatic carbocycles. The van der Waals surface area contributed by atoms with Crippen molar-refractivity contribution >= 4 is 90.5 Å². The van der Waals surface area contributed by atoms with Gasteiger partial charge in [0.25, 0.3) is 30.4 Å². The van der Waals surface area contributed by atoms with Crippen molar-refractivity contribution in [1.82, 2.24) is 14.8 Å². The standard InChI is InChI=1S/C33H35N5O19S5/c34-21-9-7-19-27(17-4-1-2-5-18(17)33(42)43)20-8-10-22(35)31-29(20)57-28(19)30(21)61(53,54)36-11-3-6-25(39)23(14-59(47,48)49)37-32(41)16(13-58(44,45)46)12-26(40)24(15-60(50,51)52)38-62(31,55)56/h1-2,4-5,7-10,16,23-24,34,36,38H,3,6,11-15,35H2,(H,37,41)(H,42,43)(H,44,45,46)(H,47,48,49)(H,50,51,52). The lowest BCUT2D eigenvalue weighted by Crippen LogP contribution is -2.50. The van der Waals surface area contributed by atoms with Gasteiger partial charge in [0, 0.05) is 35.9 Å². The Bertz CT molecular complexity index is 3130. The molecule has 0 saturated carbocycles. The van der Waals surface area contributed by atoms with Crippen LogP contribution in [0.15, 0.2) is 62.7 Å². The van der Waals surface area contributed by atoms with E-state index in [0.717, 1.165) is 24.3 Å². The Balaban J connectivity index is 1.87. The topological polar surface area (TPSA) is 419 Å². The normalized spacial score (nSPS) is 20.9. The van der Waals surface area contributed by atoms with Crippen LogP contribution in [0.4, 0.5) is 5.69 Å². The molecule has 0 fully saturated rings. The number of ketones is 2. The minimum absolute atomic E-state index is 0.157. The highest BCUT2D eigenvalue weighted by molar-refractivity contribution is 7.90. The molecule has 29 heteroatoms. The van der Waals surface area contributed by atoms with Gasteiger partial charge in [-0.2, -0.15) is 30.0 Å². The number of Topliss-reactive ketones (excluding diaryl/α,β-unsaturated/α-hetero) is 2. The molecule has 1 amide bonds. The second-order valence-electron chi connectivity index (χ2n) is 13.8. The molecule has 3 aliphatic rings. The number of aromatic carboxylic acids is 1. The van der Waals surface area contributed by atoms with Crippen molar-refractivity contribution in [3.63, 3.8) is 0 Å². The van der Waals surface area contributed by atoms with E-state index in [2.05, 4.69) is 4.72 Å². The molecule has 1 aliphatic carbocycles. The fourth-order valence-corrected chi connectivity index (χ4v) is 11.7. The van der Waals surface area contributed by atoms with Gasteiger partial charge in [0.15, 0.2) is 27.8 Å². The fraction of sp³-hybridized carbons (Fsp3) is 0.303. The average molecular weight is 966 g/mol. The third kappa shape index (κ3) is 11.0. The molecule has 336 valence electrons. The molecule has 3 unspecified atom stereocenters. The van der Waals surface area contributed by atoms with Crippen LogP contribution in [-0.4, -0.2) is 120 Å². The number of nitrogens with two attached hydrogens (primary N) is 1. The summed E-state index contributed by atoms with van der Waals surface area (Å²) in [6, 6.07) is 4.57. The number of sulfonamides is 2. The first kappa shape index (κ1) is 47.8. The van der Waals surface area contributed by atoms with Crippen LogP contribution in [0.3, 0.4) is 0 Å². The second kappa shape index (κ2) is 17.5. The van der Waals surface area contributed by atoms with E-state index in [1.165, 1.54) is 24.3 Å². The number of nitrogen functional groups attached to an aromatic ring is 1. The number of nitrogens with one attached hydrogen (secondary N) is 4. The highest BCUT2D eigenvalue weighted by Gasteiger charge is 2.39. The molecular formula is C33H35N5O19S5. The molecule has 2 aliphatic heterocycles. The molecule has 10 N–H and O–H groups in total. The van der Waals surface area contributed by atoms with Crippen molar-refractivity contribution < 1.29 is 84.4 Å². The molecule has 2 heterocycles. The Kier molecular flexibility index (Phi) is 13.5. The van der Waals surface area contributed by atoms with Crippen LogP contribution in [0.1, 0.15) is 29.6 Å². The monoisotopic (exact) mass is 965 g/mol. The molecule has 0 radical (unpaired) electrons. The zero-order valence-corrected chi connectivity index (χ0v) is 35.4. The summed E-state index contributed by atoms with van der Waals surface area (Å²) in [5.74, 6) is -14.2. The summed E-state index contributed by atoms with van der Waals surface area (Å²) in [6.07, 6.45) is -2.74. The van der Waals surface area contributed by atoms with Crippen LogP contribution in [0.2, 0.25) is 0 Å². The third-order valence-corrected chi connectivity index (χ3v) is 14.6. The summed E-state index contributed by atoms with van der Waals surface area (Å²) >= 11 is 0. The number of hydrogen-bond donors (Lipinski definition) is 9. The van der Waals surface area contributed by atoms with Crippen LogP contribution in [0.25, 0.3) is 33.4 Å². The predicted octanol–water partition coefficient (Wildman–Crippen LogP) is -1.02. The molecule has 0 spiro atoms. The molecule has 2 bridgehead atoms. The third-order valence-electron chi connectivity index (χ3n) is 9.23. The summed E-state index contributed by atoms with van der Waals surface area (Å²) in [7, 11) is -26.3. The zero-order chi connectivity index (χ0) is 46.3. The lowest BCUT2D eigenvalue weighted by Gasteiger charge is -2.24. The van der Waals surface area contributed by atoms with E-state index in [9.17, 15) is 80.0 Å². The zero-order valence-electron chi connectivity index (χ0n) is 31.3. The van der Waals surface area contributed by atoms with E-state index < -0.39 is 173 Å². The molecule has 0 aromatic heterocycles. The van der Waals surface area contributed by atoms with Crippen LogP contribution in [0.5, 0.6) is 0 Å². The van der Waals surface area contributed by atoms with Crippen LogP contribution >= 0.6 is 0 Å². The first-order chi connectivity index (χ1) is 28.5. The van der Waals surface area contributed by atoms with Crippen LogP contribution in [-0.2, 0) is 64.8 Å². The fourth-order valence-electron chi connectivity index (χ4n) is 6.65. The summed E-state index contributed by atoms with van der Waals surface area (Å²) in [5, 5.41) is 19.5. The van der Waals surface area contributed by atoms with Crippen molar-refractivity contribution in [2.75, 3.05) is 29.5 Å². The molecular weight excluding hydrogens is 931 g/mol. The van der Waals surface area contributed by atoms with Gasteiger partial charge in [-0.3, -0.25) is 33.5 Å². The second-order valence-corrected chi connectivity index (χ2v) is 21.7. The van der Waals surface area contributed by atoms with Gasteiger partial charge >= 0.3 is 5.97 Å². The van der Waals surface area contributed by atoms with Gasteiger partial charge < -0.3 is 20.6 Å². The number of carbonyl (C=O) groups is 4. The Morgan fingerprint density at radius 2 is 1.40 bits per heavy atom. The van der Waals surface area contributed by atoms with Crippen LogP contribution in [0, 0.1) is 11.3 Å². The number of benzene rings is 3. The number of rotatable bonds is 8. The van der Waals surface area contributed by atoms with E-state index in [1.54, 1.807) is 4.72 Å². The van der Waals surface area contributed by atoms with E-state index >= 15 is 0 Å².